The molecule has 0 spiro atoms. The van der Waals surface area contributed by atoms with Crippen LogP contribution in [0.25, 0.3) is 16.6 Å². The number of para-hydroxylation sites is 1. The molecule has 1 N–H and O–H groups in total. The number of fused-ring (bicyclic) bond motifs is 3. The number of carbonyl (C=O) groups excluding carboxylic acids is 2. The zero-order valence-electron chi connectivity index (χ0n) is 18.0. The first kappa shape index (κ1) is 21.3. The fraction of sp³-hybridized carbons (Fsp3) is 0.208. The first-order chi connectivity index (χ1) is 16.0. The zero-order valence-corrected chi connectivity index (χ0v) is 19.6. The maximum atomic E-state index is 12.9. The standard InChI is InChI=1S/C24H22BrN5O3/c1-33-23(31)17-5-2-3-6-18(17)27-24(32)29-13-11-28(12-14-29)22-21-7-4-10-30(21)20-9-8-16(25)15-19(20)26-22/h2-10,15H,11-14H2,1H3,(H,27,32). The first-order valence-electron chi connectivity index (χ1n) is 10.6. The van der Waals surface area contributed by atoms with Crippen LogP contribution in [0.1, 0.15) is 10.4 Å². The Morgan fingerprint density at radius 1 is 1.00 bits per heavy atom. The van der Waals surface area contributed by atoms with Crippen LogP contribution in [0.2, 0.25) is 0 Å². The summed E-state index contributed by atoms with van der Waals surface area (Å²) in [5, 5.41) is 2.85. The molecule has 2 aromatic carbocycles. The van der Waals surface area contributed by atoms with Gasteiger partial charge in [-0.15, -0.1) is 0 Å². The number of methoxy groups -OCH3 is 1. The molecule has 0 unspecified atom stereocenters. The molecule has 1 aliphatic heterocycles. The SMILES string of the molecule is COC(=O)c1ccccc1NC(=O)N1CCN(c2nc3cc(Br)ccc3n3cccc23)CC1. The van der Waals surface area contributed by atoms with E-state index in [-0.39, 0.29) is 6.03 Å². The second kappa shape index (κ2) is 8.74. The minimum Gasteiger partial charge on any atom is -0.465 e. The van der Waals surface area contributed by atoms with Crippen molar-refractivity contribution in [3.63, 3.8) is 0 Å². The number of esters is 1. The minimum atomic E-state index is -0.485. The number of anilines is 2. The Labute approximate surface area is 198 Å². The molecule has 0 atom stereocenters. The second-order valence-corrected chi connectivity index (χ2v) is 8.69. The molecule has 0 radical (unpaired) electrons. The zero-order chi connectivity index (χ0) is 22.9. The van der Waals surface area contributed by atoms with Crippen molar-refractivity contribution < 1.29 is 14.3 Å². The van der Waals surface area contributed by atoms with Crippen LogP contribution in [0.5, 0.6) is 0 Å². The van der Waals surface area contributed by atoms with Gasteiger partial charge in [-0.1, -0.05) is 28.1 Å². The van der Waals surface area contributed by atoms with Gasteiger partial charge in [0.25, 0.3) is 0 Å². The van der Waals surface area contributed by atoms with Crippen molar-refractivity contribution in [1.82, 2.24) is 14.3 Å². The molecule has 0 aliphatic carbocycles. The van der Waals surface area contributed by atoms with E-state index in [2.05, 4.69) is 42.7 Å². The minimum absolute atomic E-state index is 0.241. The van der Waals surface area contributed by atoms with E-state index >= 15 is 0 Å². The molecule has 2 amide bonds. The maximum absolute atomic E-state index is 12.9. The summed E-state index contributed by atoms with van der Waals surface area (Å²) >= 11 is 3.53. The molecular formula is C24H22BrN5O3. The predicted octanol–water partition coefficient (Wildman–Crippen LogP) is 4.39. The van der Waals surface area contributed by atoms with Crippen LogP contribution in [0.3, 0.4) is 0 Å². The highest BCUT2D eigenvalue weighted by Crippen LogP contribution is 2.28. The summed E-state index contributed by atoms with van der Waals surface area (Å²) in [4.78, 5) is 33.8. The van der Waals surface area contributed by atoms with E-state index in [1.807, 2.05) is 24.4 Å². The summed E-state index contributed by atoms with van der Waals surface area (Å²) in [5.74, 6) is 0.419. The molecule has 8 nitrogen and oxygen atoms in total. The van der Waals surface area contributed by atoms with Crippen molar-refractivity contribution in [2.45, 2.75) is 0 Å². The van der Waals surface area contributed by atoms with Gasteiger partial charge in [0, 0.05) is 36.8 Å². The van der Waals surface area contributed by atoms with Gasteiger partial charge < -0.3 is 24.3 Å². The molecule has 33 heavy (non-hydrogen) atoms. The molecule has 0 saturated carbocycles. The third-order valence-corrected chi connectivity index (χ3v) is 6.33. The van der Waals surface area contributed by atoms with Crippen LogP contribution in [-0.4, -0.2) is 59.6 Å². The van der Waals surface area contributed by atoms with Crippen molar-refractivity contribution in [2.75, 3.05) is 43.5 Å². The van der Waals surface area contributed by atoms with Crippen LogP contribution in [0.15, 0.2) is 65.3 Å². The van der Waals surface area contributed by atoms with Gasteiger partial charge in [0.15, 0.2) is 5.82 Å². The lowest BCUT2D eigenvalue weighted by molar-refractivity contribution is 0.0602. The number of aromatic nitrogens is 2. The van der Waals surface area contributed by atoms with E-state index in [4.69, 9.17) is 9.72 Å². The van der Waals surface area contributed by atoms with Crippen LogP contribution >= 0.6 is 15.9 Å². The van der Waals surface area contributed by atoms with Gasteiger partial charge >= 0.3 is 12.0 Å². The first-order valence-corrected chi connectivity index (χ1v) is 11.4. The molecule has 3 heterocycles. The molecule has 168 valence electrons. The topological polar surface area (TPSA) is 79.2 Å². The van der Waals surface area contributed by atoms with E-state index in [0.717, 1.165) is 26.8 Å². The second-order valence-electron chi connectivity index (χ2n) is 7.77. The number of carbonyl (C=O) groups is 2. The third-order valence-electron chi connectivity index (χ3n) is 5.84. The predicted molar refractivity (Wildman–Crippen MR) is 131 cm³/mol. The van der Waals surface area contributed by atoms with Crippen LogP contribution < -0.4 is 10.2 Å². The van der Waals surface area contributed by atoms with Crippen LogP contribution in [0, 0.1) is 0 Å². The number of benzene rings is 2. The number of rotatable bonds is 3. The van der Waals surface area contributed by atoms with Gasteiger partial charge in [-0.05, 0) is 42.5 Å². The van der Waals surface area contributed by atoms with E-state index in [1.54, 1.807) is 29.2 Å². The lowest BCUT2D eigenvalue weighted by Gasteiger charge is -2.35. The number of ether oxygens (including phenoxy) is 1. The van der Waals surface area contributed by atoms with Crippen molar-refractivity contribution in [2.24, 2.45) is 0 Å². The number of hydrogen-bond acceptors (Lipinski definition) is 5. The lowest BCUT2D eigenvalue weighted by Crippen LogP contribution is -2.50. The van der Waals surface area contributed by atoms with E-state index in [1.165, 1.54) is 7.11 Å². The number of halogens is 1. The molecule has 2 aromatic heterocycles. The summed E-state index contributed by atoms with van der Waals surface area (Å²) in [6.07, 6.45) is 2.04. The number of nitrogens with one attached hydrogen (secondary N) is 1. The molecule has 1 fully saturated rings. The third kappa shape index (κ3) is 4.00. The van der Waals surface area contributed by atoms with E-state index in [9.17, 15) is 9.59 Å². The average molecular weight is 508 g/mol. The highest BCUT2D eigenvalue weighted by atomic mass is 79.9. The van der Waals surface area contributed by atoms with Crippen molar-refractivity contribution >= 4 is 56.0 Å². The summed E-state index contributed by atoms with van der Waals surface area (Å²) < 4.78 is 7.94. The van der Waals surface area contributed by atoms with Crippen molar-refractivity contribution in [3.05, 3.63) is 70.8 Å². The fourth-order valence-corrected chi connectivity index (χ4v) is 4.51. The van der Waals surface area contributed by atoms with Gasteiger partial charge in [0.1, 0.15) is 0 Å². The van der Waals surface area contributed by atoms with Gasteiger partial charge in [-0.2, -0.15) is 0 Å². The van der Waals surface area contributed by atoms with Crippen molar-refractivity contribution in [1.29, 1.82) is 0 Å². The van der Waals surface area contributed by atoms with E-state index < -0.39 is 5.97 Å². The van der Waals surface area contributed by atoms with Crippen molar-refractivity contribution in [3.8, 4) is 0 Å². The smallest absolute Gasteiger partial charge is 0.339 e. The number of piperazine rings is 1. The monoisotopic (exact) mass is 507 g/mol. The number of hydrogen-bond donors (Lipinski definition) is 1. The quantitative estimate of drug-likeness (QED) is 0.416. The molecule has 4 aromatic rings. The van der Waals surface area contributed by atoms with Gasteiger partial charge in [-0.3, -0.25) is 0 Å². The number of amides is 2. The molecule has 1 saturated heterocycles. The Hall–Kier alpha value is -3.59. The lowest BCUT2D eigenvalue weighted by atomic mass is 10.2. The van der Waals surface area contributed by atoms with Gasteiger partial charge in [0.2, 0.25) is 0 Å². The largest absolute Gasteiger partial charge is 0.465 e. The van der Waals surface area contributed by atoms with E-state index in [0.29, 0.717) is 37.4 Å². The Morgan fingerprint density at radius 3 is 2.58 bits per heavy atom. The number of urea groups is 1. The fourth-order valence-electron chi connectivity index (χ4n) is 4.16. The molecular weight excluding hydrogens is 486 g/mol. The Morgan fingerprint density at radius 2 is 1.79 bits per heavy atom. The van der Waals surface area contributed by atoms with Crippen LogP contribution in [0.4, 0.5) is 16.3 Å². The van der Waals surface area contributed by atoms with Gasteiger partial charge in [-0.25, -0.2) is 14.6 Å². The highest BCUT2D eigenvalue weighted by molar-refractivity contribution is 9.10. The molecule has 1 aliphatic rings. The van der Waals surface area contributed by atoms with Crippen LogP contribution in [-0.2, 0) is 4.74 Å². The summed E-state index contributed by atoms with van der Waals surface area (Å²) in [7, 11) is 1.32. The highest BCUT2D eigenvalue weighted by Gasteiger charge is 2.25. The molecule has 0 bridgehead atoms. The normalized spacial score (nSPS) is 14.0. The summed E-state index contributed by atoms with van der Waals surface area (Å²) in [5.41, 5.74) is 3.75. The van der Waals surface area contributed by atoms with Gasteiger partial charge in [0.05, 0.1) is 34.9 Å². The Bertz CT molecular complexity index is 1360. The molecule has 9 heteroatoms. The Balaban J connectivity index is 1.33. The average Bonchev–Trinajstić information content (AvgIpc) is 3.33. The Kier molecular flexibility index (Phi) is 5.63. The number of nitrogens with zero attached hydrogens (tertiary/aromatic N) is 4. The molecule has 5 rings (SSSR count). The maximum Gasteiger partial charge on any atom is 0.339 e. The summed E-state index contributed by atoms with van der Waals surface area (Å²) in [6, 6.07) is 16.8. The summed E-state index contributed by atoms with van der Waals surface area (Å²) in [6.45, 7) is 2.38.